The Kier molecular flexibility index (Phi) is 4.12. The largest absolute Gasteiger partial charge is 0.497 e. The minimum atomic E-state index is -0.207. The van der Waals surface area contributed by atoms with Crippen LogP contribution in [0.4, 0.5) is 0 Å². The van der Waals surface area contributed by atoms with Crippen molar-refractivity contribution in [1.82, 2.24) is 15.5 Å². The van der Waals surface area contributed by atoms with Crippen LogP contribution in [0, 0.1) is 0 Å². The third kappa shape index (κ3) is 3.31. The van der Waals surface area contributed by atoms with E-state index in [1.165, 1.54) is 0 Å². The third-order valence-electron chi connectivity index (χ3n) is 2.55. The number of aryl methyl sites for hydroxylation is 1. The van der Waals surface area contributed by atoms with Gasteiger partial charge in [-0.3, -0.25) is 4.79 Å². The maximum absolute atomic E-state index is 11.9. The summed E-state index contributed by atoms with van der Waals surface area (Å²) >= 11 is 0. The second kappa shape index (κ2) is 5.99. The number of amides is 1. The number of ether oxygens (including phenoxy) is 1. The van der Waals surface area contributed by atoms with Crippen LogP contribution in [-0.4, -0.2) is 23.2 Å². The van der Waals surface area contributed by atoms with Crippen molar-refractivity contribution < 1.29 is 14.1 Å². The number of carbonyl (C=O) groups is 1. The summed E-state index contributed by atoms with van der Waals surface area (Å²) < 4.78 is 10.0. The topological polar surface area (TPSA) is 77.2 Å². The normalized spacial score (nSPS) is 10.2. The molecule has 1 aromatic carbocycles. The zero-order valence-electron chi connectivity index (χ0n) is 10.8. The Morgan fingerprint density at radius 1 is 1.47 bits per heavy atom. The highest BCUT2D eigenvalue weighted by molar-refractivity contribution is 5.94. The van der Waals surface area contributed by atoms with Gasteiger partial charge in [-0.1, -0.05) is 18.1 Å². The molecule has 0 atom stereocenters. The van der Waals surface area contributed by atoms with Gasteiger partial charge in [-0.2, -0.15) is 4.98 Å². The van der Waals surface area contributed by atoms with Crippen molar-refractivity contribution in [3.05, 3.63) is 41.5 Å². The van der Waals surface area contributed by atoms with Crippen LogP contribution in [0.1, 0.15) is 29.0 Å². The summed E-state index contributed by atoms with van der Waals surface area (Å²) in [4.78, 5) is 16.0. The highest BCUT2D eigenvalue weighted by Crippen LogP contribution is 2.12. The van der Waals surface area contributed by atoms with Crippen LogP contribution in [0.3, 0.4) is 0 Å². The highest BCUT2D eigenvalue weighted by Gasteiger charge is 2.09. The molecule has 6 nitrogen and oxygen atoms in total. The number of rotatable bonds is 5. The molecule has 1 N–H and O–H groups in total. The van der Waals surface area contributed by atoms with Crippen LogP contribution in [-0.2, 0) is 13.0 Å². The maximum Gasteiger partial charge on any atom is 0.251 e. The predicted octanol–water partition coefficient (Wildman–Crippen LogP) is 1.57. The molecule has 0 aliphatic carbocycles. The van der Waals surface area contributed by atoms with Gasteiger partial charge in [0.1, 0.15) is 5.75 Å². The number of benzene rings is 1. The molecule has 1 heterocycles. The van der Waals surface area contributed by atoms with E-state index < -0.39 is 0 Å². The van der Waals surface area contributed by atoms with E-state index in [9.17, 15) is 4.79 Å². The summed E-state index contributed by atoms with van der Waals surface area (Å²) in [5.41, 5.74) is 0.526. The van der Waals surface area contributed by atoms with Gasteiger partial charge in [0.05, 0.1) is 13.7 Å². The first kappa shape index (κ1) is 13.1. The number of methoxy groups -OCH3 is 1. The van der Waals surface area contributed by atoms with Gasteiger partial charge in [-0.05, 0) is 18.2 Å². The molecular weight excluding hydrogens is 246 g/mol. The number of nitrogens with zero attached hydrogens (tertiary/aromatic N) is 2. The molecule has 0 saturated carbocycles. The van der Waals surface area contributed by atoms with E-state index in [4.69, 9.17) is 9.26 Å². The molecule has 0 aliphatic rings. The van der Waals surface area contributed by atoms with Gasteiger partial charge in [-0.15, -0.1) is 0 Å². The lowest BCUT2D eigenvalue weighted by Gasteiger charge is -2.04. The Hall–Kier alpha value is -2.37. The Morgan fingerprint density at radius 3 is 3.00 bits per heavy atom. The summed E-state index contributed by atoms with van der Waals surface area (Å²) in [6.07, 6.45) is 0.677. The van der Waals surface area contributed by atoms with Gasteiger partial charge in [0.25, 0.3) is 5.91 Å². The zero-order chi connectivity index (χ0) is 13.7. The molecule has 1 aromatic heterocycles. The molecule has 1 amide bonds. The Morgan fingerprint density at radius 2 is 2.32 bits per heavy atom. The van der Waals surface area contributed by atoms with Crippen LogP contribution in [0.2, 0.25) is 0 Å². The summed E-state index contributed by atoms with van der Waals surface area (Å²) in [5.74, 6) is 1.46. The van der Waals surface area contributed by atoms with Crippen molar-refractivity contribution in [2.45, 2.75) is 19.9 Å². The molecule has 0 saturated heterocycles. The van der Waals surface area contributed by atoms with Crippen molar-refractivity contribution in [2.24, 2.45) is 0 Å². The first-order valence-corrected chi connectivity index (χ1v) is 5.96. The van der Waals surface area contributed by atoms with E-state index in [0.29, 0.717) is 29.4 Å². The molecule has 0 unspecified atom stereocenters. The van der Waals surface area contributed by atoms with E-state index in [2.05, 4.69) is 15.5 Å². The SMILES string of the molecule is CCc1nc(CNC(=O)c2cccc(OC)c2)no1. The fraction of sp³-hybridized carbons (Fsp3) is 0.308. The van der Waals surface area contributed by atoms with Gasteiger partial charge in [-0.25, -0.2) is 0 Å². The monoisotopic (exact) mass is 261 g/mol. The minimum absolute atomic E-state index is 0.207. The van der Waals surface area contributed by atoms with Crippen LogP contribution >= 0.6 is 0 Å². The van der Waals surface area contributed by atoms with Crippen LogP contribution in [0.25, 0.3) is 0 Å². The van der Waals surface area contributed by atoms with E-state index >= 15 is 0 Å². The van der Waals surface area contributed by atoms with Gasteiger partial charge < -0.3 is 14.6 Å². The summed E-state index contributed by atoms with van der Waals surface area (Å²) in [6.45, 7) is 2.16. The van der Waals surface area contributed by atoms with E-state index in [-0.39, 0.29) is 12.5 Å². The van der Waals surface area contributed by atoms with Gasteiger partial charge in [0, 0.05) is 12.0 Å². The number of carbonyl (C=O) groups excluding carboxylic acids is 1. The summed E-state index contributed by atoms with van der Waals surface area (Å²) in [7, 11) is 1.56. The first-order valence-electron chi connectivity index (χ1n) is 5.96. The molecule has 0 fully saturated rings. The van der Waals surface area contributed by atoms with Crippen LogP contribution in [0.15, 0.2) is 28.8 Å². The molecule has 6 heteroatoms. The molecule has 2 rings (SSSR count). The predicted molar refractivity (Wildman–Crippen MR) is 67.8 cm³/mol. The molecule has 0 radical (unpaired) electrons. The quantitative estimate of drug-likeness (QED) is 0.884. The van der Waals surface area contributed by atoms with Gasteiger partial charge in [0.2, 0.25) is 5.89 Å². The van der Waals surface area contributed by atoms with Crippen molar-refractivity contribution in [1.29, 1.82) is 0 Å². The Balaban J connectivity index is 1.96. The fourth-order valence-electron chi connectivity index (χ4n) is 1.53. The van der Waals surface area contributed by atoms with Gasteiger partial charge in [0.15, 0.2) is 5.82 Å². The molecule has 100 valence electrons. The molecule has 0 bridgehead atoms. The smallest absolute Gasteiger partial charge is 0.251 e. The summed E-state index contributed by atoms with van der Waals surface area (Å²) in [6, 6.07) is 6.93. The lowest BCUT2D eigenvalue weighted by atomic mass is 10.2. The molecule has 2 aromatic rings. The lowest BCUT2D eigenvalue weighted by Crippen LogP contribution is -2.23. The van der Waals surface area contributed by atoms with Crippen LogP contribution < -0.4 is 10.1 Å². The molecule has 0 spiro atoms. The Labute approximate surface area is 110 Å². The minimum Gasteiger partial charge on any atom is -0.497 e. The third-order valence-corrected chi connectivity index (χ3v) is 2.55. The van der Waals surface area contributed by atoms with Crippen molar-refractivity contribution in [3.8, 4) is 5.75 Å². The number of aromatic nitrogens is 2. The van der Waals surface area contributed by atoms with E-state index in [0.717, 1.165) is 0 Å². The number of nitrogens with one attached hydrogen (secondary N) is 1. The number of hydrogen-bond acceptors (Lipinski definition) is 5. The average molecular weight is 261 g/mol. The second-order valence-electron chi connectivity index (χ2n) is 3.87. The average Bonchev–Trinajstić information content (AvgIpc) is 2.93. The maximum atomic E-state index is 11.9. The Bertz CT molecular complexity index is 566. The lowest BCUT2D eigenvalue weighted by molar-refractivity contribution is 0.0949. The van der Waals surface area contributed by atoms with Crippen LogP contribution in [0.5, 0.6) is 5.75 Å². The van der Waals surface area contributed by atoms with Crippen molar-refractivity contribution in [3.63, 3.8) is 0 Å². The summed E-state index contributed by atoms with van der Waals surface area (Å²) in [5, 5.41) is 6.49. The number of hydrogen-bond donors (Lipinski definition) is 1. The van der Waals surface area contributed by atoms with Gasteiger partial charge >= 0.3 is 0 Å². The highest BCUT2D eigenvalue weighted by atomic mass is 16.5. The van der Waals surface area contributed by atoms with E-state index in [1.807, 2.05) is 6.92 Å². The van der Waals surface area contributed by atoms with Crippen molar-refractivity contribution in [2.75, 3.05) is 7.11 Å². The fourth-order valence-corrected chi connectivity index (χ4v) is 1.53. The molecule has 19 heavy (non-hydrogen) atoms. The standard InChI is InChI=1S/C13H15N3O3/c1-3-12-15-11(16-19-12)8-14-13(17)9-5-4-6-10(7-9)18-2/h4-7H,3,8H2,1-2H3,(H,14,17). The molecule has 0 aliphatic heterocycles. The molecular formula is C13H15N3O3. The first-order chi connectivity index (χ1) is 9.22. The van der Waals surface area contributed by atoms with Crippen molar-refractivity contribution >= 4 is 5.91 Å². The zero-order valence-corrected chi connectivity index (χ0v) is 10.8. The van der Waals surface area contributed by atoms with E-state index in [1.54, 1.807) is 31.4 Å². The second-order valence-corrected chi connectivity index (χ2v) is 3.87.